The van der Waals surface area contributed by atoms with Gasteiger partial charge >= 0.3 is 0 Å². The van der Waals surface area contributed by atoms with Crippen molar-refractivity contribution in [2.24, 2.45) is 5.73 Å². The number of aryl methyl sites for hydroxylation is 1. The van der Waals surface area contributed by atoms with Gasteiger partial charge in [-0.15, -0.1) is 0 Å². The SMILES string of the molecule is CCCCC(CCCC)c1cccc(CCCN)c1. The lowest BCUT2D eigenvalue weighted by molar-refractivity contribution is 0.524. The first-order valence-corrected chi connectivity index (χ1v) is 8.10. The molecule has 2 N–H and O–H groups in total. The third-order valence-electron chi connectivity index (χ3n) is 3.90. The quantitative estimate of drug-likeness (QED) is 0.627. The van der Waals surface area contributed by atoms with Gasteiger partial charge in [0.25, 0.3) is 0 Å². The van der Waals surface area contributed by atoms with E-state index in [4.69, 9.17) is 5.73 Å². The van der Waals surface area contributed by atoms with Crippen molar-refractivity contribution in [3.8, 4) is 0 Å². The Labute approximate surface area is 119 Å². The van der Waals surface area contributed by atoms with E-state index in [0.717, 1.165) is 25.3 Å². The molecule has 0 aliphatic heterocycles. The smallest absolute Gasteiger partial charge is 0.00741 e. The van der Waals surface area contributed by atoms with Crippen molar-refractivity contribution in [2.45, 2.75) is 71.1 Å². The van der Waals surface area contributed by atoms with Crippen molar-refractivity contribution < 1.29 is 0 Å². The molecular weight excluding hydrogens is 230 g/mol. The molecule has 1 aromatic carbocycles. The molecule has 1 heteroatoms. The molecule has 0 spiro atoms. The Bertz CT molecular complexity index is 324. The van der Waals surface area contributed by atoms with Gasteiger partial charge < -0.3 is 5.73 Å². The lowest BCUT2D eigenvalue weighted by Crippen LogP contribution is -2.03. The maximum absolute atomic E-state index is 5.61. The van der Waals surface area contributed by atoms with Crippen LogP contribution in [0, 0.1) is 0 Å². The Hall–Kier alpha value is -0.820. The van der Waals surface area contributed by atoms with Crippen molar-refractivity contribution in [3.63, 3.8) is 0 Å². The first-order valence-electron chi connectivity index (χ1n) is 8.10. The molecule has 0 unspecified atom stereocenters. The largest absolute Gasteiger partial charge is 0.330 e. The number of hydrogen-bond acceptors (Lipinski definition) is 1. The normalized spacial score (nSPS) is 11.2. The van der Waals surface area contributed by atoms with Crippen LogP contribution in [0.4, 0.5) is 0 Å². The molecule has 0 radical (unpaired) electrons. The summed E-state index contributed by atoms with van der Waals surface area (Å²) in [5.41, 5.74) is 8.62. The van der Waals surface area contributed by atoms with Crippen LogP contribution in [0.15, 0.2) is 24.3 Å². The first-order chi connectivity index (χ1) is 9.31. The third-order valence-corrected chi connectivity index (χ3v) is 3.90. The van der Waals surface area contributed by atoms with Gasteiger partial charge in [0.1, 0.15) is 0 Å². The summed E-state index contributed by atoms with van der Waals surface area (Å²) in [6.07, 6.45) is 10.2. The van der Waals surface area contributed by atoms with Gasteiger partial charge in [-0.1, -0.05) is 63.8 Å². The Kier molecular flexibility index (Phi) is 8.57. The van der Waals surface area contributed by atoms with Crippen molar-refractivity contribution in [3.05, 3.63) is 35.4 Å². The van der Waals surface area contributed by atoms with Crippen LogP contribution >= 0.6 is 0 Å². The van der Waals surface area contributed by atoms with Crippen LogP contribution in [-0.2, 0) is 6.42 Å². The van der Waals surface area contributed by atoms with Crippen LogP contribution in [0.25, 0.3) is 0 Å². The summed E-state index contributed by atoms with van der Waals surface area (Å²) in [5, 5.41) is 0. The summed E-state index contributed by atoms with van der Waals surface area (Å²) in [6.45, 7) is 5.36. The molecule has 1 rings (SSSR count). The van der Waals surface area contributed by atoms with Gasteiger partial charge in [0.15, 0.2) is 0 Å². The van der Waals surface area contributed by atoms with E-state index in [-0.39, 0.29) is 0 Å². The van der Waals surface area contributed by atoms with E-state index >= 15 is 0 Å². The van der Waals surface area contributed by atoms with Crippen LogP contribution in [0.1, 0.15) is 75.8 Å². The van der Waals surface area contributed by atoms with Crippen molar-refractivity contribution in [2.75, 3.05) is 6.54 Å². The molecule has 1 nitrogen and oxygen atoms in total. The fraction of sp³-hybridized carbons (Fsp3) is 0.667. The van der Waals surface area contributed by atoms with E-state index in [1.807, 2.05) is 0 Å². The molecule has 0 saturated carbocycles. The second-order valence-corrected chi connectivity index (χ2v) is 5.62. The maximum atomic E-state index is 5.61. The van der Waals surface area contributed by atoms with E-state index in [9.17, 15) is 0 Å². The molecule has 0 aliphatic rings. The number of hydrogen-bond donors (Lipinski definition) is 1. The van der Waals surface area contributed by atoms with Gasteiger partial charge in [-0.25, -0.2) is 0 Å². The van der Waals surface area contributed by atoms with Crippen molar-refractivity contribution in [1.82, 2.24) is 0 Å². The van der Waals surface area contributed by atoms with Gasteiger partial charge in [0, 0.05) is 0 Å². The van der Waals surface area contributed by atoms with Crippen molar-refractivity contribution >= 4 is 0 Å². The molecule has 0 fully saturated rings. The molecule has 1 aromatic rings. The summed E-state index contributed by atoms with van der Waals surface area (Å²) < 4.78 is 0. The van der Waals surface area contributed by atoms with E-state index in [2.05, 4.69) is 38.1 Å². The van der Waals surface area contributed by atoms with Gasteiger partial charge in [0.2, 0.25) is 0 Å². The minimum atomic E-state index is 0.762. The second kappa shape index (κ2) is 10.0. The summed E-state index contributed by atoms with van der Waals surface area (Å²) in [5.74, 6) is 0.762. The third kappa shape index (κ3) is 6.24. The molecule has 0 aromatic heterocycles. The van der Waals surface area contributed by atoms with Crippen molar-refractivity contribution in [1.29, 1.82) is 0 Å². The van der Waals surface area contributed by atoms with Gasteiger partial charge in [-0.3, -0.25) is 0 Å². The highest BCUT2D eigenvalue weighted by Crippen LogP contribution is 2.28. The summed E-state index contributed by atoms with van der Waals surface area (Å²) in [6, 6.07) is 9.22. The molecule has 19 heavy (non-hydrogen) atoms. The molecule has 0 bridgehead atoms. The van der Waals surface area contributed by atoms with E-state index < -0.39 is 0 Å². The predicted molar refractivity (Wildman–Crippen MR) is 85.6 cm³/mol. The molecule has 0 amide bonds. The number of benzene rings is 1. The van der Waals surface area contributed by atoms with Crippen LogP contribution in [0.5, 0.6) is 0 Å². The minimum absolute atomic E-state index is 0.762. The lowest BCUT2D eigenvalue weighted by Gasteiger charge is -2.18. The van der Waals surface area contributed by atoms with Gasteiger partial charge in [-0.2, -0.15) is 0 Å². The second-order valence-electron chi connectivity index (χ2n) is 5.62. The van der Waals surface area contributed by atoms with Gasteiger partial charge in [0.05, 0.1) is 0 Å². The highest BCUT2D eigenvalue weighted by molar-refractivity contribution is 5.26. The maximum Gasteiger partial charge on any atom is -0.00741 e. The van der Waals surface area contributed by atoms with Crippen LogP contribution in [0.3, 0.4) is 0 Å². The summed E-state index contributed by atoms with van der Waals surface area (Å²) >= 11 is 0. The first kappa shape index (κ1) is 16.2. The highest BCUT2D eigenvalue weighted by atomic mass is 14.5. The zero-order valence-corrected chi connectivity index (χ0v) is 12.8. The zero-order chi connectivity index (χ0) is 13.9. The predicted octanol–water partition coefficient (Wildman–Crippen LogP) is 5.04. The average molecular weight is 261 g/mol. The fourth-order valence-electron chi connectivity index (χ4n) is 2.69. The Morgan fingerprint density at radius 2 is 1.68 bits per heavy atom. The Morgan fingerprint density at radius 1 is 1.00 bits per heavy atom. The van der Waals surface area contributed by atoms with Crippen LogP contribution in [-0.4, -0.2) is 6.54 Å². The van der Waals surface area contributed by atoms with Gasteiger partial charge in [-0.05, 0) is 49.3 Å². The number of nitrogens with two attached hydrogens (primary N) is 1. The Balaban J connectivity index is 2.69. The molecule has 0 heterocycles. The minimum Gasteiger partial charge on any atom is -0.330 e. The topological polar surface area (TPSA) is 26.0 Å². The zero-order valence-electron chi connectivity index (χ0n) is 12.8. The highest BCUT2D eigenvalue weighted by Gasteiger charge is 2.11. The molecular formula is C18H31N. The molecule has 108 valence electrons. The average Bonchev–Trinajstić information content (AvgIpc) is 2.45. The van der Waals surface area contributed by atoms with Crippen LogP contribution in [0.2, 0.25) is 0 Å². The summed E-state index contributed by atoms with van der Waals surface area (Å²) in [4.78, 5) is 0. The van der Waals surface area contributed by atoms with E-state index in [1.54, 1.807) is 5.56 Å². The van der Waals surface area contributed by atoms with Crippen LogP contribution < -0.4 is 5.73 Å². The number of rotatable bonds is 10. The molecule has 0 atom stereocenters. The lowest BCUT2D eigenvalue weighted by atomic mass is 9.88. The monoisotopic (exact) mass is 261 g/mol. The Morgan fingerprint density at radius 3 is 2.26 bits per heavy atom. The molecule has 0 aliphatic carbocycles. The number of unbranched alkanes of at least 4 members (excludes halogenated alkanes) is 2. The van der Waals surface area contributed by atoms with E-state index in [0.29, 0.717) is 0 Å². The summed E-state index contributed by atoms with van der Waals surface area (Å²) in [7, 11) is 0. The standard InChI is InChI=1S/C18H31N/c1-3-5-11-17(12-6-4-2)18-13-7-9-16(15-18)10-8-14-19/h7,9,13,15,17H,3-6,8,10-12,14,19H2,1-2H3. The fourth-order valence-corrected chi connectivity index (χ4v) is 2.69. The van der Waals surface area contributed by atoms with E-state index in [1.165, 1.54) is 44.1 Å². The molecule has 0 saturated heterocycles.